The molecule has 0 N–H and O–H groups in total. The molecule has 3 aromatic rings. The van der Waals surface area contributed by atoms with Crippen molar-refractivity contribution in [3.05, 3.63) is 65.7 Å². The average Bonchev–Trinajstić information content (AvgIpc) is 3.21. The number of rotatable bonds is 6. The van der Waals surface area contributed by atoms with Crippen molar-refractivity contribution < 1.29 is 9.59 Å². The summed E-state index contributed by atoms with van der Waals surface area (Å²) in [6.07, 6.45) is 3.40. The molecule has 0 saturated heterocycles. The molecule has 3 aromatic heterocycles. The van der Waals surface area contributed by atoms with Gasteiger partial charge in [0.25, 0.3) is 0 Å². The van der Waals surface area contributed by atoms with Gasteiger partial charge >= 0.3 is 0 Å². The maximum atomic E-state index is 11.0. The second kappa shape index (κ2) is 6.47. The van der Waals surface area contributed by atoms with Crippen LogP contribution in [0, 0.1) is 0 Å². The molecule has 0 aliphatic rings. The van der Waals surface area contributed by atoms with Crippen molar-refractivity contribution in [2.45, 2.75) is 12.8 Å². The highest BCUT2D eigenvalue weighted by Gasteiger charge is 2.12. The molecular weight excluding hydrogens is 320 g/mol. The van der Waals surface area contributed by atoms with Crippen LogP contribution in [0.15, 0.2) is 33.7 Å². The molecule has 0 aromatic carbocycles. The molecule has 0 atom stereocenters. The molecule has 0 aliphatic heterocycles. The van der Waals surface area contributed by atoms with Crippen LogP contribution in [0.5, 0.6) is 0 Å². The van der Waals surface area contributed by atoms with E-state index in [4.69, 9.17) is 0 Å². The molecule has 0 fully saturated rings. The molecule has 5 heteroatoms. The Hall–Kier alpha value is -1.56. The normalized spacial score (nSPS) is 10.7. The Morgan fingerprint density at radius 2 is 1.29 bits per heavy atom. The molecule has 0 unspecified atom stereocenters. The van der Waals surface area contributed by atoms with E-state index in [-0.39, 0.29) is 0 Å². The van der Waals surface area contributed by atoms with Gasteiger partial charge in [0.15, 0.2) is 12.6 Å². The second-order valence-electron chi connectivity index (χ2n) is 4.61. The summed E-state index contributed by atoms with van der Waals surface area (Å²) in [7, 11) is 0. The molecule has 0 radical (unpaired) electrons. The van der Waals surface area contributed by atoms with E-state index in [9.17, 15) is 9.59 Å². The third-order valence-corrected chi connectivity index (χ3v) is 6.06. The SMILES string of the molecule is O=Cc1ccsc1Cc1cscc1Cc1sccc1C=O. The van der Waals surface area contributed by atoms with E-state index in [2.05, 4.69) is 10.8 Å². The Morgan fingerprint density at radius 3 is 1.71 bits per heavy atom. The Labute approximate surface area is 134 Å². The maximum Gasteiger partial charge on any atom is 0.151 e. The van der Waals surface area contributed by atoms with Gasteiger partial charge in [-0.2, -0.15) is 11.3 Å². The molecule has 3 heterocycles. The van der Waals surface area contributed by atoms with Crippen LogP contribution >= 0.6 is 34.0 Å². The molecule has 0 spiro atoms. The van der Waals surface area contributed by atoms with Crippen molar-refractivity contribution in [2.24, 2.45) is 0 Å². The Morgan fingerprint density at radius 1 is 0.810 bits per heavy atom. The summed E-state index contributed by atoms with van der Waals surface area (Å²) in [5.74, 6) is 0. The predicted molar refractivity (Wildman–Crippen MR) is 89.3 cm³/mol. The number of thiophene rings is 3. The molecule has 0 bridgehead atoms. The van der Waals surface area contributed by atoms with Gasteiger partial charge in [-0.1, -0.05) is 0 Å². The summed E-state index contributed by atoms with van der Waals surface area (Å²) >= 11 is 4.90. The van der Waals surface area contributed by atoms with Crippen LogP contribution in [-0.4, -0.2) is 12.6 Å². The molecule has 0 saturated carbocycles. The molecule has 21 heavy (non-hydrogen) atoms. The lowest BCUT2D eigenvalue weighted by atomic mass is 10.0. The fourth-order valence-corrected chi connectivity index (χ4v) is 4.81. The highest BCUT2D eigenvalue weighted by Crippen LogP contribution is 2.27. The monoisotopic (exact) mass is 332 g/mol. The Kier molecular flexibility index (Phi) is 4.43. The van der Waals surface area contributed by atoms with Gasteiger partial charge in [-0.15, -0.1) is 22.7 Å². The van der Waals surface area contributed by atoms with Crippen LogP contribution in [-0.2, 0) is 12.8 Å². The number of aldehydes is 2. The lowest BCUT2D eigenvalue weighted by molar-refractivity contribution is 0.111. The van der Waals surface area contributed by atoms with E-state index >= 15 is 0 Å². The summed E-state index contributed by atoms with van der Waals surface area (Å²) < 4.78 is 0. The summed E-state index contributed by atoms with van der Waals surface area (Å²) in [4.78, 5) is 24.2. The Balaban J connectivity index is 1.84. The third kappa shape index (κ3) is 3.05. The first-order valence-electron chi connectivity index (χ1n) is 6.39. The molecule has 0 amide bonds. The minimum Gasteiger partial charge on any atom is -0.298 e. The minimum atomic E-state index is 0.779. The zero-order valence-corrected chi connectivity index (χ0v) is 13.5. The van der Waals surface area contributed by atoms with Gasteiger partial charge in [0.1, 0.15) is 0 Å². The van der Waals surface area contributed by atoms with Gasteiger partial charge in [0.2, 0.25) is 0 Å². The standard InChI is InChI=1S/C16H12O2S3/c17-7-11-1-3-20-15(11)5-13-9-19-10-14(13)6-16-12(8-18)2-4-21-16/h1-4,7-10H,5-6H2. The van der Waals surface area contributed by atoms with Crippen molar-refractivity contribution in [1.29, 1.82) is 0 Å². The number of carbonyl (C=O) groups excluding carboxylic acids is 2. The quantitative estimate of drug-likeness (QED) is 0.614. The highest BCUT2D eigenvalue weighted by molar-refractivity contribution is 7.10. The van der Waals surface area contributed by atoms with Gasteiger partial charge in [-0.25, -0.2) is 0 Å². The van der Waals surface area contributed by atoms with E-state index in [1.54, 1.807) is 34.0 Å². The lowest BCUT2D eigenvalue weighted by Gasteiger charge is -2.03. The Bertz CT molecular complexity index is 701. The first-order chi connectivity index (χ1) is 10.3. The van der Waals surface area contributed by atoms with Crippen molar-refractivity contribution in [2.75, 3.05) is 0 Å². The van der Waals surface area contributed by atoms with Gasteiger partial charge in [0, 0.05) is 33.7 Å². The van der Waals surface area contributed by atoms with Crippen LogP contribution in [0.1, 0.15) is 41.6 Å². The average molecular weight is 332 g/mol. The summed E-state index contributed by atoms with van der Waals surface area (Å²) in [6.45, 7) is 0. The predicted octanol–water partition coefficient (Wildman–Crippen LogP) is 4.68. The van der Waals surface area contributed by atoms with Gasteiger partial charge < -0.3 is 0 Å². The zero-order chi connectivity index (χ0) is 14.7. The van der Waals surface area contributed by atoms with Gasteiger partial charge in [-0.3, -0.25) is 9.59 Å². The fourth-order valence-electron chi connectivity index (χ4n) is 2.20. The maximum absolute atomic E-state index is 11.0. The smallest absolute Gasteiger partial charge is 0.151 e. The van der Waals surface area contributed by atoms with E-state index in [1.807, 2.05) is 22.9 Å². The molecule has 0 aliphatic carbocycles. The molecular formula is C16H12O2S3. The molecule has 106 valence electrons. The minimum absolute atomic E-state index is 0.779. The third-order valence-electron chi connectivity index (χ3n) is 3.35. The van der Waals surface area contributed by atoms with Gasteiger partial charge in [-0.05, 0) is 44.8 Å². The van der Waals surface area contributed by atoms with Gasteiger partial charge in [0.05, 0.1) is 0 Å². The van der Waals surface area contributed by atoms with Crippen LogP contribution in [0.4, 0.5) is 0 Å². The van der Waals surface area contributed by atoms with Crippen molar-refractivity contribution >= 4 is 46.6 Å². The lowest BCUT2D eigenvalue weighted by Crippen LogP contribution is -1.94. The van der Waals surface area contributed by atoms with Crippen LogP contribution in [0.3, 0.4) is 0 Å². The summed E-state index contributed by atoms with van der Waals surface area (Å²) in [5, 5.41) is 8.18. The number of carbonyl (C=O) groups is 2. The van der Waals surface area contributed by atoms with Crippen molar-refractivity contribution in [3.63, 3.8) is 0 Å². The molecule has 2 nitrogen and oxygen atoms in total. The van der Waals surface area contributed by atoms with Crippen LogP contribution in [0.2, 0.25) is 0 Å². The number of hydrogen-bond donors (Lipinski definition) is 0. The summed E-state index contributed by atoms with van der Waals surface area (Å²) in [5.41, 5.74) is 4.05. The second-order valence-corrected chi connectivity index (χ2v) is 7.35. The first kappa shape index (κ1) is 14.4. The highest BCUT2D eigenvalue weighted by atomic mass is 32.1. The van der Waals surface area contributed by atoms with E-state index in [1.165, 1.54) is 11.1 Å². The van der Waals surface area contributed by atoms with Crippen molar-refractivity contribution in [1.82, 2.24) is 0 Å². The topological polar surface area (TPSA) is 34.1 Å². The number of hydrogen-bond acceptors (Lipinski definition) is 5. The fraction of sp³-hybridized carbons (Fsp3) is 0.125. The van der Waals surface area contributed by atoms with Crippen LogP contribution in [0.25, 0.3) is 0 Å². The molecule has 3 rings (SSSR count). The largest absolute Gasteiger partial charge is 0.298 e. The van der Waals surface area contributed by atoms with E-state index < -0.39 is 0 Å². The summed E-state index contributed by atoms with van der Waals surface area (Å²) in [6, 6.07) is 3.73. The van der Waals surface area contributed by atoms with E-state index in [0.29, 0.717) is 0 Å². The van der Waals surface area contributed by atoms with Crippen LogP contribution < -0.4 is 0 Å². The van der Waals surface area contributed by atoms with Crippen molar-refractivity contribution in [3.8, 4) is 0 Å². The first-order valence-corrected chi connectivity index (χ1v) is 9.09. The van der Waals surface area contributed by atoms with E-state index in [0.717, 1.165) is 46.3 Å². The zero-order valence-electron chi connectivity index (χ0n) is 11.1.